The molecule has 52 heavy (non-hydrogen) atoms. The monoisotopic (exact) mass is 717 g/mol. The molecule has 1 aromatic heterocycles. The first kappa shape index (κ1) is 39.4. The van der Waals surface area contributed by atoms with Gasteiger partial charge in [-0.05, 0) is 61.4 Å². The molecule has 13 heteroatoms. The predicted octanol–water partition coefficient (Wildman–Crippen LogP) is 6.66. The Morgan fingerprint density at radius 1 is 0.577 bits per heavy atom. The number of esters is 2. The van der Waals surface area contributed by atoms with Gasteiger partial charge in [0.15, 0.2) is 30.7 Å². The van der Waals surface area contributed by atoms with E-state index in [4.69, 9.17) is 24.1 Å². The number of unbranched alkanes of at least 4 members (excludes halogenated alkanes) is 9. The molecule has 0 aliphatic rings. The molecule has 0 bridgehead atoms. The maximum absolute atomic E-state index is 12.3. The van der Waals surface area contributed by atoms with E-state index < -0.39 is 11.9 Å². The van der Waals surface area contributed by atoms with Crippen LogP contribution in [0.15, 0.2) is 60.7 Å². The molecular weight excluding hydrogens is 670 g/mol. The van der Waals surface area contributed by atoms with E-state index in [-0.39, 0.29) is 71.4 Å². The minimum atomic E-state index is -0.573. The van der Waals surface area contributed by atoms with Crippen molar-refractivity contribution in [2.24, 2.45) is 0 Å². The molecule has 0 atom stereocenters. The van der Waals surface area contributed by atoms with Crippen molar-refractivity contribution in [1.82, 2.24) is 15.0 Å². The molecule has 0 fully saturated rings. The van der Waals surface area contributed by atoms with Gasteiger partial charge >= 0.3 is 11.9 Å². The van der Waals surface area contributed by atoms with E-state index in [2.05, 4.69) is 19.7 Å². The highest BCUT2D eigenvalue weighted by atomic mass is 16.6. The minimum absolute atomic E-state index is 0.112. The van der Waals surface area contributed by atoms with E-state index in [1.54, 1.807) is 55.6 Å². The number of hydrogen-bond donors (Lipinski definition) is 3. The number of phenolic OH excluding ortho intramolecular Hbond substituents is 2. The number of carbonyl (C=O) groups excluding carboxylic acids is 2. The number of aliphatic hydroxyl groups is 1. The highest BCUT2D eigenvalue weighted by Gasteiger charge is 2.18. The van der Waals surface area contributed by atoms with Crippen molar-refractivity contribution in [3.63, 3.8) is 0 Å². The van der Waals surface area contributed by atoms with E-state index in [1.165, 1.54) is 44.9 Å². The topological polar surface area (TPSA) is 180 Å². The number of rotatable bonds is 22. The fraction of sp³-hybridized carbons (Fsp3) is 0.410. The van der Waals surface area contributed by atoms with Crippen LogP contribution in [0.1, 0.15) is 64.2 Å². The molecule has 0 spiro atoms. The Labute approximate surface area is 303 Å². The van der Waals surface area contributed by atoms with Gasteiger partial charge in [0.05, 0.1) is 32.0 Å². The molecule has 4 rings (SSSR count). The Kier molecular flexibility index (Phi) is 15.9. The number of carbonyl (C=O) groups is 2. The van der Waals surface area contributed by atoms with E-state index in [0.717, 1.165) is 38.5 Å². The van der Waals surface area contributed by atoms with Crippen LogP contribution in [-0.2, 0) is 19.1 Å². The van der Waals surface area contributed by atoms with Gasteiger partial charge in [0.1, 0.15) is 28.7 Å². The Morgan fingerprint density at radius 3 is 1.52 bits per heavy atom. The summed E-state index contributed by atoms with van der Waals surface area (Å²) < 4.78 is 26.1. The van der Waals surface area contributed by atoms with Crippen LogP contribution < -0.4 is 14.2 Å². The van der Waals surface area contributed by atoms with E-state index in [0.29, 0.717) is 17.9 Å². The van der Waals surface area contributed by atoms with Gasteiger partial charge in [0, 0.05) is 24.3 Å². The number of ether oxygens (including phenoxy) is 5. The van der Waals surface area contributed by atoms with Crippen LogP contribution in [0.4, 0.5) is 0 Å². The number of aromatic hydroxyl groups is 2. The molecule has 278 valence electrons. The lowest BCUT2D eigenvalue weighted by atomic mass is 10.1. The molecule has 0 aliphatic carbocycles. The van der Waals surface area contributed by atoms with Crippen LogP contribution >= 0.6 is 0 Å². The Bertz CT molecular complexity index is 1730. The molecule has 4 aromatic rings. The van der Waals surface area contributed by atoms with Gasteiger partial charge in [-0.25, -0.2) is 24.5 Å². The second kappa shape index (κ2) is 21.1. The summed E-state index contributed by atoms with van der Waals surface area (Å²) in [4.78, 5) is 37.5. The van der Waals surface area contributed by atoms with Crippen molar-refractivity contribution >= 4 is 11.9 Å². The summed E-state index contributed by atoms with van der Waals surface area (Å²) in [5, 5.41) is 30.7. The quantitative estimate of drug-likeness (QED) is 0.0581. The third-order valence-corrected chi connectivity index (χ3v) is 8.16. The highest BCUT2D eigenvalue weighted by molar-refractivity contribution is 5.74. The van der Waals surface area contributed by atoms with Gasteiger partial charge < -0.3 is 39.0 Å². The van der Waals surface area contributed by atoms with Crippen molar-refractivity contribution in [2.75, 3.05) is 40.6 Å². The van der Waals surface area contributed by atoms with E-state index >= 15 is 0 Å². The average Bonchev–Trinajstić information content (AvgIpc) is 3.16. The van der Waals surface area contributed by atoms with Gasteiger partial charge in [-0.1, -0.05) is 51.4 Å². The van der Waals surface area contributed by atoms with Crippen LogP contribution in [0.2, 0.25) is 0 Å². The first-order valence-corrected chi connectivity index (χ1v) is 17.5. The number of hydrogen-bond acceptors (Lipinski definition) is 13. The Balaban J connectivity index is 1.38. The molecule has 3 N–H and O–H groups in total. The predicted molar refractivity (Wildman–Crippen MR) is 193 cm³/mol. The lowest BCUT2D eigenvalue weighted by molar-refractivity contribution is -0.146. The Hall–Kier alpha value is -5.43. The molecular formula is C39H47N3O10. The normalized spacial score (nSPS) is 10.8. The van der Waals surface area contributed by atoms with Crippen LogP contribution in [-0.4, -0.2) is 82.9 Å². The van der Waals surface area contributed by atoms with Gasteiger partial charge in [0.2, 0.25) is 0 Å². The summed E-state index contributed by atoms with van der Waals surface area (Å²) in [6.45, 7) is -0.0461. The summed E-state index contributed by atoms with van der Waals surface area (Å²) in [5.74, 6) is 0.122. The summed E-state index contributed by atoms with van der Waals surface area (Å²) in [6.07, 6.45) is 10.8. The fourth-order valence-electron chi connectivity index (χ4n) is 5.27. The van der Waals surface area contributed by atoms with Crippen molar-refractivity contribution in [3.05, 3.63) is 60.7 Å². The molecule has 0 aliphatic heterocycles. The van der Waals surface area contributed by atoms with Crippen LogP contribution in [0.3, 0.4) is 0 Å². The molecule has 3 aromatic carbocycles. The zero-order valence-electron chi connectivity index (χ0n) is 29.7. The number of aromatic nitrogens is 3. The van der Waals surface area contributed by atoms with Crippen LogP contribution in [0, 0.1) is 0 Å². The smallest absolute Gasteiger partial charge is 0.344 e. The molecule has 0 saturated heterocycles. The fourth-order valence-corrected chi connectivity index (χ4v) is 5.27. The van der Waals surface area contributed by atoms with Crippen molar-refractivity contribution in [3.8, 4) is 62.9 Å². The summed E-state index contributed by atoms with van der Waals surface area (Å²) in [6, 6.07) is 16.0. The minimum Gasteiger partial charge on any atom is -0.507 e. The third kappa shape index (κ3) is 12.4. The van der Waals surface area contributed by atoms with Crippen LogP contribution in [0.25, 0.3) is 34.2 Å². The third-order valence-electron chi connectivity index (χ3n) is 8.16. The molecule has 0 unspecified atom stereocenters. The first-order chi connectivity index (χ1) is 25.3. The van der Waals surface area contributed by atoms with E-state index in [1.807, 2.05) is 0 Å². The standard InChI is InChI=1S/C39H47N3O10/c1-48-28-15-13-27(14-16-28)37-40-38(31-19-17-29(23-33(31)44)51-25-35(46)49-2)42-39(41-37)32-20-18-30(24-34(32)45)52-26-36(47)50-22-12-10-8-6-4-3-5-7-9-11-21-43/h13-20,23-24,43-45H,3-12,21-22,25-26H2,1-2H3. The largest absolute Gasteiger partial charge is 0.507 e. The lowest BCUT2D eigenvalue weighted by Crippen LogP contribution is -2.15. The highest BCUT2D eigenvalue weighted by Crippen LogP contribution is 2.36. The number of nitrogens with zero attached hydrogens (tertiary/aromatic N) is 3. The van der Waals surface area contributed by atoms with Gasteiger partial charge in [-0.15, -0.1) is 0 Å². The number of phenols is 2. The lowest BCUT2D eigenvalue weighted by Gasteiger charge is -2.12. The van der Waals surface area contributed by atoms with Gasteiger partial charge in [-0.3, -0.25) is 0 Å². The number of benzene rings is 3. The zero-order chi connectivity index (χ0) is 37.1. The first-order valence-electron chi connectivity index (χ1n) is 17.5. The van der Waals surface area contributed by atoms with Gasteiger partial charge in [-0.2, -0.15) is 0 Å². The second-order valence-corrected chi connectivity index (χ2v) is 12.0. The zero-order valence-corrected chi connectivity index (χ0v) is 29.7. The van der Waals surface area contributed by atoms with Crippen molar-refractivity contribution in [1.29, 1.82) is 0 Å². The number of aliphatic hydroxyl groups excluding tert-OH is 1. The van der Waals surface area contributed by atoms with E-state index in [9.17, 15) is 19.8 Å². The molecule has 1 heterocycles. The molecule has 13 nitrogen and oxygen atoms in total. The molecule has 0 saturated carbocycles. The van der Waals surface area contributed by atoms with Crippen molar-refractivity contribution in [2.45, 2.75) is 64.2 Å². The average molecular weight is 718 g/mol. The number of methoxy groups -OCH3 is 2. The summed E-state index contributed by atoms with van der Waals surface area (Å²) in [5.41, 5.74) is 1.14. The summed E-state index contributed by atoms with van der Waals surface area (Å²) in [7, 11) is 2.81. The SMILES string of the molecule is COC(=O)COc1ccc(-c2nc(-c3ccc(OC)cc3)nc(-c3ccc(OCC(=O)OCCCCCCCCCCCCO)cc3O)n2)c(O)c1. The van der Waals surface area contributed by atoms with Crippen LogP contribution in [0.5, 0.6) is 28.7 Å². The summed E-state index contributed by atoms with van der Waals surface area (Å²) >= 11 is 0. The molecule has 0 radical (unpaired) electrons. The second-order valence-electron chi connectivity index (χ2n) is 12.0. The van der Waals surface area contributed by atoms with Crippen molar-refractivity contribution < 1.29 is 48.6 Å². The molecule has 0 amide bonds. The maximum Gasteiger partial charge on any atom is 0.344 e. The Morgan fingerprint density at radius 2 is 1.04 bits per heavy atom. The maximum atomic E-state index is 12.3. The van der Waals surface area contributed by atoms with Gasteiger partial charge in [0.25, 0.3) is 0 Å².